The van der Waals surface area contributed by atoms with Crippen LogP contribution in [0.5, 0.6) is 28.7 Å². The summed E-state index contributed by atoms with van der Waals surface area (Å²) in [6, 6.07) is 29.1. The number of nitrogens with zero attached hydrogens (tertiary/aromatic N) is 2. The fourth-order valence-electron chi connectivity index (χ4n) is 10.0. The molecule has 4 aromatic carbocycles. The van der Waals surface area contributed by atoms with E-state index in [1.165, 1.54) is 7.11 Å². The number of carbonyl (C=O) groups excluding carboxylic acids is 1. The largest absolute Gasteiger partial charge is 0.459 e. The Morgan fingerprint density at radius 1 is 0.889 bits per heavy atom. The van der Waals surface area contributed by atoms with Gasteiger partial charge in [0.25, 0.3) is 0 Å². The molecule has 12 heteroatoms. The average Bonchev–Trinajstić information content (AvgIpc) is 3.78. The van der Waals surface area contributed by atoms with E-state index in [-0.39, 0.29) is 63.9 Å². The Hall–Kier alpha value is -5.82. The number of allylic oxidation sites excluding steroid dienone is 1. The maximum absolute atomic E-state index is 14.5. The van der Waals surface area contributed by atoms with Gasteiger partial charge < -0.3 is 43.5 Å². The molecule has 12 nitrogen and oxygen atoms in total. The van der Waals surface area contributed by atoms with Crippen molar-refractivity contribution < 1.29 is 48.3 Å². The zero-order valence-corrected chi connectivity index (χ0v) is 36.2. The second-order valence-corrected chi connectivity index (χ2v) is 16.5. The van der Waals surface area contributed by atoms with Crippen molar-refractivity contribution in [1.29, 1.82) is 0 Å². The van der Waals surface area contributed by atoms with Crippen LogP contribution in [0.4, 0.5) is 4.79 Å². The van der Waals surface area contributed by atoms with E-state index in [9.17, 15) is 15.0 Å². The highest BCUT2D eigenvalue weighted by Crippen LogP contribution is 2.62. The number of fused-ring (bicyclic) bond motifs is 3. The topological polar surface area (TPSA) is 138 Å². The molecule has 8 rings (SSSR count). The maximum atomic E-state index is 14.5. The highest BCUT2D eigenvalue weighted by Gasteiger charge is 2.65. The van der Waals surface area contributed by atoms with Gasteiger partial charge in [-0.2, -0.15) is 0 Å². The van der Waals surface area contributed by atoms with E-state index in [0.29, 0.717) is 47.3 Å². The van der Waals surface area contributed by atoms with E-state index in [2.05, 4.69) is 43.0 Å². The third-order valence-corrected chi connectivity index (χ3v) is 12.7. The lowest BCUT2D eigenvalue weighted by Crippen LogP contribution is -2.70. The van der Waals surface area contributed by atoms with Gasteiger partial charge in [-0.05, 0) is 109 Å². The predicted octanol–water partition coefficient (Wildman–Crippen LogP) is 9.80. The van der Waals surface area contributed by atoms with Crippen molar-refractivity contribution in [3.63, 3.8) is 0 Å². The molecule has 0 bridgehead atoms. The Balaban J connectivity index is 1.28. The zero-order valence-electron chi connectivity index (χ0n) is 36.2. The smallest absolute Gasteiger partial charge is 0.410 e. The molecule has 0 radical (unpaired) electrons. The molecular formula is C51H58N2O10. The van der Waals surface area contributed by atoms with Crippen molar-refractivity contribution in [3.8, 4) is 39.9 Å². The molecule has 332 valence electrons. The molecule has 2 aliphatic carbocycles. The van der Waals surface area contributed by atoms with Crippen LogP contribution >= 0.6 is 0 Å². The summed E-state index contributed by atoms with van der Waals surface area (Å²) in [7, 11) is 1.54. The van der Waals surface area contributed by atoms with Gasteiger partial charge in [0.15, 0.2) is 11.5 Å². The Bertz CT molecular complexity index is 2260. The molecule has 63 heavy (non-hydrogen) atoms. The van der Waals surface area contributed by atoms with Gasteiger partial charge in [-0.15, -0.1) is 6.58 Å². The molecule has 2 N–H and O–H groups in total. The first-order chi connectivity index (χ1) is 30.9. The van der Waals surface area contributed by atoms with Crippen molar-refractivity contribution in [3.05, 3.63) is 126 Å². The first kappa shape index (κ1) is 43.8. The van der Waals surface area contributed by atoms with Crippen molar-refractivity contribution >= 4 is 11.8 Å². The second kappa shape index (κ2) is 20.1. The van der Waals surface area contributed by atoms with Gasteiger partial charge in [0.1, 0.15) is 30.4 Å². The minimum absolute atomic E-state index is 0.0474. The van der Waals surface area contributed by atoms with Crippen LogP contribution in [0.25, 0.3) is 11.1 Å². The van der Waals surface area contributed by atoms with E-state index in [1.54, 1.807) is 17.9 Å². The van der Waals surface area contributed by atoms with Crippen LogP contribution in [-0.4, -0.2) is 79.1 Å². The highest BCUT2D eigenvalue weighted by atomic mass is 16.7. The molecule has 6 atom stereocenters. The molecule has 2 aliphatic heterocycles. The van der Waals surface area contributed by atoms with Crippen LogP contribution < -0.4 is 18.9 Å². The average molecular weight is 859 g/mol. The van der Waals surface area contributed by atoms with Gasteiger partial charge >= 0.3 is 6.09 Å². The van der Waals surface area contributed by atoms with E-state index >= 15 is 0 Å². The molecule has 0 saturated heterocycles. The third kappa shape index (κ3) is 9.16. The first-order valence-electron chi connectivity index (χ1n) is 22.2. The number of benzene rings is 4. The normalized spacial score (nSPS) is 23.5. The van der Waals surface area contributed by atoms with Gasteiger partial charge in [0.05, 0.1) is 24.8 Å². The number of unbranched alkanes of at least 4 members (excludes halogenated alkanes) is 2. The SMILES string of the molecule is C=CCO[C@@]12Oc3ccc(Oc4ccc(-c5ccccc5)cc4)cc3[C@H]3[C@H](CCCCO)[C@@H](CCCCO)C=C(C(=NOC)C[C@@H]1N(Cc1ccc4c(c1)OCO4)C(=O)OCC)[C@H]32. The fourth-order valence-corrected chi connectivity index (χ4v) is 10.0. The summed E-state index contributed by atoms with van der Waals surface area (Å²) in [5.74, 6) is 1.18. The summed E-state index contributed by atoms with van der Waals surface area (Å²) in [4.78, 5) is 21.8. The molecular weight excluding hydrogens is 801 g/mol. The van der Waals surface area contributed by atoms with Gasteiger partial charge in [-0.25, -0.2) is 4.79 Å². The number of aliphatic hydroxyl groups excluding tert-OH is 2. The first-order valence-corrected chi connectivity index (χ1v) is 22.2. The minimum Gasteiger partial charge on any atom is -0.459 e. The fraction of sp³-hybridized carbons (Fsp3) is 0.412. The lowest BCUT2D eigenvalue weighted by Gasteiger charge is -2.59. The Morgan fingerprint density at radius 2 is 1.62 bits per heavy atom. The quantitative estimate of drug-likeness (QED) is 0.0533. The summed E-state index contributed by atoms with van der Waals surface area (Å²) in [6.07, 6.45) is 8.32. The zero-order chi connectivity index (χ0) is 43.8. The van der Waals surface area contributed by atoms with Crippen LogP contribution in [0.2, 0.25) is 0 Å². The summed E-state index contributed by atoms with van der Waals surface area (Å²) in [5, 5.41) is 24.6. The summed E-state index contributed by atoms with van der Waals surface area (Å²) >= 11 is 0. The standard InChI is InChI=1S/C51H58N2O10/c1-4-27-61-51-47(53(50(56)58-5-2)32-34-17-23-45-46(28-34)60-33-59-45)31-43(52-57-3)41-29-37(15-9-11-25-54)40(16-10-12-26-55)48(49(41)51)42-30-39(22-24-44(42)63-51)62-38-20-18-36(19-21-38)35-13-7-6-8-14-35/h4,6-8,13-14,17-24,28-30,37,40,47-49,54-55H,1,5,9-12,15-16,25-27,31-33H2,2-3H3/t37-,40+,47-,48+,49+,51+/m0/s1. The third-order valence-electron chi connectivity index (χ3n) is 12.7. The minimum atomic E-state index is -1.45. The van der Waals surface area contributed by atoms with Crippen molar-refractivity contribution in [1.82, 2.24) is 4.90 Å². The number of amides is 1. The molecule has 1 saturated carbocycles. The van der Waals surface area contributed by atoms with Crippen LogP contribution in [0.15, 0.2) is 120 Å². The van der Waals surface area contributed by atoms with E-state index in [1.807, 2.05) is 60.7 Å². The van der Waals surface area contributed by atoms with Crippen LogP contribution in [0.1, 0.15) is 68.9 Å². The molecule has 1 amide bonds. The highest BCUT2D eigenvalue weighted by molar-refractivity contribution is 6.03. The summed E-state index contributed by atoms with van der Waals surface area (Å²) in [5.41, 5.74) is 5.60. The number of rotatable bonds is 19. The lowest BCUT2D eigenvalue weighted by molar-refractivity contribution is -0.256. The van der Waals surface area contributed by atoms with E-state index in [0.717, 1.165) is 53.5 Å². The Labute approximate surface area is 369 Å². The van der Waals surface area contributed by atoms with Crippen molar-refractivity contribution in [2.24, 2.45) is 22.9 Å². The maximum Gasteiger partial charge on any atom is 0.410 e. The monoisotopic (exact) mass is 858 g/mol. The number of ether oxygens (including phenoxy) is 6. The predicted molar refractivity (Wildman–Crippen MR) is 239 cm³/mol. The number of carbonyl (C=O) groups is 1. The van der Waals surface area contributed by atoms with Gasteiger partial charge in [-0.3, -0.25) is 4.90 Å². The van der Waals surface area contributed by atoms with Gasteiger partial charge in [0.2, 0.25) is 12.6 Å². The van der Waals surface area contributed by atoms with E-state index < -0.39 is 23.8 Å². The lowest BCUT2D eigenvalue weighted by atomic mass is 9.55. The Morgan fingerprint density at radius 3 is 2.37 bits per heavy atom. The summed E-state index contributed by atoms with van der Waals surface area (Å²) in [6.45, 7) is 6.58. The number of aliphatic hydroxyl groups is 2. The van der Waals surface area contributed by atoms with Crippen LogP contribution in [0.3, 0.4) is 0 Å². The van der Waals surface area contributed by atoms with E-state index in [4.69, 9.17) is 38.4 Å². The number of hydrogen-bond donors (Lipinski definition) is 2. The number of oxime groups is 1. The summed E-state index contributed by atoms with van der Waals surface area (Å²) < 4.78 is 38.2. The van der Waals surface area contributed by atoms with Crippen molar-refractivity contribution in [2.45, 2.75) is 76.2 Å². The second-order valence-electron chi connectivity index (χ2n) is 16.5. The van der Waals surface area contributed by atoms with Crippen molar-refractivity contribution in [2.75, 3.05) is 40.3 Å². The van der Waals surface area contributed by atoms with Crippen LogP contribution in [-0.2, 0) is 20.9 Å². The molecule has 2 heterocycles. The van der Waals surface area contributed by atoms with Gasteiger partial charge in [0, 0.05) is 37.7 Å². The van der Waals surface area contributed by atoms with Crippen LogP contribution in [0, 0.1) is 17.8 Å². The molecule has 1 fully saturated rings. The molecule has 0 unspecified atom stereocenters. The number of hydrogen-bond acceptors (Lipinski definition) is 11. The molecule has 0 aromatic heterocycles. The Kier molecular flexibility index (Phi) is 14.0. The molecule has 0 spiro atoms. The molecule has 4 aromatic rings. The molecule has 4 aliphatic rings. The van der Waals surface area contributed by atoms with Gasteiger partial charge in [-0.1, -0.05) is 78.7 Å².